The number of hydrogen-bond donors (Lipinski definition) is 0. The molecule has 0 spiro atoms. The molecule has 5 rings (SSSR count). The number of halogens is 3. The minimum Gasteiger partial charge on any atom is -0.0874 e. The molecule has 0 atom stereocenters. The van der Waals surface area contributed by atoms with Crippen molar-refractivity contribution in [2.75, 3.05) is 0 Å². The monoisotopic (exact) mass is 396 g/mol. The molecule has 0 aliphatic carbocycles. The van der Waals surface area contributed by atoms with Gasteiger partial charge in [0.2, 0.25) is 0 Å². The van der Waals surface area contributed by atoms with Gasteiger partial charge in [0.25, 0.3) is 0 Å². The van der Waals surface area contributed by atoms with E-state index in [-0.39, 0.29) is 0 Å². The highest BCUT2D eigenvalue weighted by molar-refractivity contribution is 6.63. The van der Waals surface area contributed by atoms with E-state index < -0.39 is 4.30 Å². The van der Waals surface area contributed by atoms with Gasteiger partial charge in [-0.3, -0.25) is 0 Å². The van der Waals surface area contributed by atoms with Crippen molar-refractivity contribution in [3.63, 3.8) is 0 Å². The average Bonchev–Trinajstić information content (AvgIpc) is 2.62. The van der Waals surface area contributed by atoms with Gasteiger partial charge in [-0.2, -0.15) is 0 Å². The smallest absolute Gasteiger partial charge is 0.0874 e. The molecule has 0 fully saturated rings. The largest absolute Gasteiger partial charge is 0.180 e. The molecule has 5 aromatic rings. The van der Waals surface area contributed by atoms with Gasteiger partial charge in [0.15, 0.2) is 4.30 Å². The fourth-order valence-corrected chi connectivity index (χ4v) is 3.39. The zero-order valence-corrected chi connectivity index (χ0v) is 16.1. The zero-order chi connectivity index (χ0) is 18.1. The molecule has 26 heavy (non-hydrogen) atoms. The molecule has 0 aliphatic heterocycles. The summed E-state index contributed by atoms with van der Waals surface area (Å²) in [6, 6.07) is 30.9. The van der Waals surface area contributed by atoms with E-state index in [1.165, 1.54) is 43.1 Å². The van der Waals surface area contributed by atoms with E-state index in [0.29, 0.717) is 0 Å². The first-order valence-corrected chi connectivity index (χ1v) is 9.58. The fraction of sp³-hybridized carbons (Fsp3) is 0.0435. The molecule has 0 unspecified atom stereocenters. The van der Waals surface area contributed by atoms with Gasteiger partial charge in [0, 0.05) is 0 Å². The predicted molar refractivity (Wildman–Crippen MR) is 118 cm³/mol. The van der Waals surface area contributed by atoms with Crippen LogP contribution >= 0.6 is 34.8 Å². The normalized spacial score (nSPS) is 11.2. The lowest BCUT2D eigenvalue weighted by Crippen LogP contribution is -1.80. The molecule has 0 saturated carbocycles. The van der Waals surface area contributed by atoms with Gasteiger partial charge < -0.3 is 0 Å². The summed E-state index contributed by atoms with van der Waals surface area (Å²) in [5, 5.41) is 10.4. The van der Waals surface area contributed by atoms with Crippen LogP contribution in [-0.2, 0) is 0 Å². The van der Waals surface area contributed by atoms with E-state index in [9.17, 15) is 0 Å². The van der Waals surface area contributed by atoms with Crippen LogP contribution < -0.4 is 0 Å². The third kappa shape index (κ3) is 3.59. The lowest BCUT2D eigenvalue weighted by Gasteiger charge is -2.07. The van der Waals surface area contributed by atoms with E-state index in [1.54, 1.807) is 0 Å². The maximum absolute atomic E-state index is 4.81. The Labute approximate surface area is 166 Å². The van der Waals surface area contributed by atoms with Crippen LogP contribution in [0.4, 0.5) is 0 Å². The van der Waals surface area contributed by atoms with Crippen molar-refractivity contribution in [3.05, 3.63) is 84.9 Å². The molecule has 0 heterocycles. The molecule has 3 heteroatoms. The summed E-state index contributed by atoms with van der Waals surface area (Å²) >= 11 is 14.4. The Morgan fingerprint density at radius 1 is 0.385 bits per heavy atom. The zero-order valence-electron chi connectivity index (χ0n) is 13.8. The maximum atomic E-state index is 4.81. The first kappa shape index (κ1) is 17.4. The number of fused-ring (bicyclic) bond motifs is 4. The number of hydrogen-bond acceptors (Lipinski definition) is 0. The Balaban J connectivity index is 0.000000385. The maximum Gasteiger partial charge on any atom is 0.180 e. The molecule has 0 N–H and O–H groups in total. The van der Waals surface area contributed by atoms with Crippen molar-refractivity contribution >= 4 is 77.9 Å². The summed E-state index contributed by atoms with van der Waals surface area (Å²) < 4.78 is -0.750. The molecule has 0 radical (unpaired) electrons. The van der Waals surface area contributed by atoms with Crippen LogP contribution in [0.15, 0.2) is 84.9 Å². The lowest BCUT2D eigenvalue weighted by molar-refractivity contribution is 1.78. The Kier molecular flexibility index (Phi) is 4.91. The Morgan fingerprint density at radius 3 is 0.808 bits per heavy atom. The Bertz CT molecular complexity index is 1040. The molecule has 128 valence electrons. The summed E-state index contributed by atoms with van der Waals surface area (Å²) in [5.74, 6) is 0. The van der Waals surface area contributed by atoms with E-state index in [4.69, 9.17) is 34.8 Å². The van der Waals surface area contributed by atoms with Crippen molar-refractivity contribution in [2.24, 2.45) is 0 Å². The Morgan fingerprint density at radius 2 is 0.577 bits per heavy atom. The van der Waals surface area contributed by atoms with Crippen LogP contribution in [0.5, 0.6) is 0 Å². The second-order valence-corrected chi connectivity index (χ2v) is 8.17. The number of alkyl halides is 3. The molecule has 0 nitrogen and oxygen atoms in total. The van der Waals surface area contributed by atoms with Crippen LogP contribution in [0.1, 0.15) is 0 Å². The van der Waals surface area contributed by atoms with E-state index >= 15 is 0 Å². The lowest BCUT2D eigenvalue weighted by atomic mass is 9.97. The van der Waals surface area contributed by atoms with Gasteiger partial charge in [-0.15, -0.1) is 0 Å². The van der Waals surface area contributed by atoms with Crippen molar-refractivity contribution in [2.45, 2.75) is 4.30 Å². The number of rotatable bonds is 0. The standard InChI is InChI=1S/C22H14.CHCl3/c1-2-6-16-10-20-14-22-12-18-8-4-3-7-17(18)11-21(22)13-19(20)9-15(16)5-1;2-1(3)4/h1-14H;1H. The van der Waals surface area contributed by atoms with Crippen molar-refractivity contribution in [3.8, 4) is 0 Å². The van der Waals surface area contributed by atoms with Crippen LogP contribution in [0.3, 0.4) is 0 Å². The molecule has 0 aromatic heterocycles. The van der Waals surface area contributed by atoms with E-state index in [2.05, 4.69) is 84.9 Å². The molecular formula is C23H15Cl3. The van der Waals surface area contributed by atoms with Gasteiger partial charge in [-0.25, -0.2) is 0 Å². The van der Waals surface area contributed by atoms with Crippen LogP contribution in [0.25, 0.3) is 43.1 Å². The molecule has 0 saturated heterocycles. The average molecular weight is 398 g/mol. The van der Waals surface area contributed by atoms with Crippen LogP contribution in [0, 0.1) is 0 Å². The van der Waals surface area contributed by atoms with E-state index in [0.717, 1.165) is 0 Å². The minimum absolute atomic E-state index is 0.750. The summed E-state index contributed by atoms with van der Waals surface area (Å²) in [6.45, 7) is 0. The topological polar surface area (TPSA) is 0 Å². The summed E-state index contributed by atoms with van der Waals surface area (Å²) in [7, 11) is 0. The second-order valence-electron chi connectivity index (χ2n) is 6.19. The molecular weight excluding hydrogens is 383 g/mol. The van der Waals surface area contributed by atoms with Gasteiger partial charge in [0.05, 0.1) is 0 Å². The van der Waals surface area contributed by atoms with Gasteiger partial charge in [-0.05, 0) is 79.5 Å². The highest BCUT2D eigenvalue weighted by atomic mass is 35.6. The molecule has 0 bridgehead atoms. The Hall–Kier alpha value is -1.99. The first-order valence-electron chi connectivity index (χ1n) is 8.27. The minimum atomic E-state index is -0.750. The second kappa shape index (κ2) is 7.32. The SMILES string of the molecule is ClC(Cl)Cl.c1ccc2cc3cc4cc5ccccc5cc4cc3cc2c1. The van der Waals surface area contributed by atoms with Gasteiger partial charge in [0.1, 0.15) is 0 Å². The molecule has 0 aliphatic rings. The van der Waals surface area contributed by atoms with E-state index in [1.807, 2.05) is 0 Å². The van der Waals surface area contributed by atoms with Crippen molar-refractivity contribution in [1.29, 1.82) is 0 Å². The third-order valence-corrected chi connectivity index (χ3v) is 4.52. The van der Waals surface area contributed by atoms with Crippen LogP contribution in [0.2, 0.25) is 0 Å². The highest BCUT2D eigenvalue weighted by Crippen LogP contribution is 2.29. The van der Waals surface area contributed by atoms with Gasteiger partial charge in [-0.1, -0.05) is 83.3 Å². The highest BCUT2D eigenvalue weighted by Gasteiger charge is 2.02. The summed E-state index contributed by atoms with van der Waals surface area (Å²) in [5.41, 5.74) is 0. The fourth-order valence-electron chi connectivity index (χ4n) is 3.39. The first-order chi connectivity index (χ1) is 12.6. The number of benzene rings is 5. The summed E-state index contributed by atoms with van der Waals surface area (Å²) in [6.07, 6.45) is 0. The van der Waals surface area contributed by atoms with Crippen LogP contribution in [-0.4, -0.2) is 4.30 Å². The quantitative estimate of drug-likeness (QED) is 0.182. The molecule has 0 amide bonds. The predicted octanol–water partition coefficient (Wildman–Crippen LogP) is 8.29. The molecule has 5 aromatic carbocycles. The third-order valence-electron chi connectivity index (χ3n) is 4.52. The summed E-state index contributed by atoms with van der Waals surface area (Å²) in [4.78, 5) is 0. The van der Waals surface area contributed by atoms with Crippen molar-refractivity contribution < 1.29 is 0 Å². The van der Waals surface area contributed by atoms with Crippen molar-refractivity contribution in [1.82, 2.24) is 0 Å². The van der Waals surface area contributed by atoms with Gasteiger partial charge >= 0.3 is 0 Å².